The highest BCUT2D eigenvalue weighted by atomic mass is 35.5. The van der Waals surface area contributed by atoms with Gasteiger partial charge >= 0.3 is 0 Å². The molecule has 0 atom stereocenters. The van der Waals surface area contributed by atoms with E-state index in [-0.39, 0.29) is 11.4 Å². The van der Waals surface area contributed by atoms with E-state index in [1.165, 1.54) is 18.4 Å². The van der Waals surface area contributed by atoms with Crippen LogP contribution < -0.4 is 10.1 Å². The third-order valence-electron chi connectivity index (χ3n) is 5.69. The Balaban J connectivity index is 1.40. The van der Waals surface area contributed by atoms with Gasteiger partial charge in [-0.2, -0.15) is 0 Å². The van der Waals surface area contributed by atoms with Crippen molar-refractivity contribution in [2.45, 2.75) is 24.9 Å². The van der Waals surface area contributed by atoms with Crippen molar-refractivity contribution in [1.82, 2.24) is 10.2 Å². The molecule has 3 fully saturated rings. The number of benzene rings is 2. The lowest BCUT2D eigenvalue weighted by atomic mass is 9.73. The molecule has 2 bridgehead atoms. The first-order valence-electron chi connectivity index (χ1n) is 9.00. The minimum atomic E-state index is -0.0843. The summed E-state index contributed by atoms with van der Waals surface area (Å²) in [7, 11) is 1.56. The van der Waals surface area contributed by atoms with E-state index < -0.39 is 0 Å². The van der Waals surface area contributed by atoms with Gasteiger partial charge in [0.05, 0.1) is 12.1 Å². The van der Waals surface area contributed by atoms with E-state index in [0.717, 1.165) is 19.0 Å². The largest absolute Gasteiger partial charge is 0.495 e. The van der Waals surface area contributed by atoms with Gasteiger partial charge in [-0.25, -0.2) is 0 Å². The van der Waals surface area contributed by atoms with E-state index >= 15 is 0 Å². The van der Waals surface area contributed by atoms with Crippen LogP contribution in [0.3, 0.4) is 0 Å². The van der Waals surface area contributed by atoms with Crippen molar-refractivity contribution < 1.29 is 9.53 Å². The molecule has 4 nitrogen and oxygen atoms in total. The second kappa shape index (κ2) is 6.93. The lowest BCUT2D eigenvalue weighted by Crippen LogP contribution is -2.53. The fraction of sp³-hybridized carbons (Fsp3) is 0.381. The molecule has 2 aromatic rings. The molecule has 1 saturated carbocycles. The van der Waals surface area contributed by atoms with Gasteiger partial charge in [0.2, 0.25) is 0 Å². The number of rotatable bonds is 6. The van der Waals surface area contributed by atoms with Gasteiger partial charge in [-0.05, 0) is 42.5 Å². The van der Waals surface area contributed by atoms with Crippen LogP contribution in [0.25, 0.3) is 0 Å². The molecule has 1 aliphatic carbocycles. The summed E-state index contributed by atoms with van der Waals surface area (Å²) in [6.07, 6.45) is 2.34. The van der Waals surface area contributed by atoms with E-state index in [0.29, 0.717) is 22.9 Å². The van der Waals surface area contributed by atoms with Crippen LogP contribution in [0.4, 0.5) is 0 Å². The van der Waals surface area contributed by atoms with Crippen LogP contribution in [0.2, 0.25) is 5.02 Å². The number of hydrogen-bond donors (Lipinski definition) is 1. The maximum Gasteiger partial charge on any atom is 0.251 e. The third kappa shape index (κ3) is 3.19. The average molecular weight is 371 g/mol. The Bertz CT molecular complexity index is 803. The van der Waals surface area contributed by atoms with Gasteiger partial charge < -0.3 is 10.1 Å². The first kappa shape index (κ1) is 17.4. The predicted octanol–water partition coefficient (Wildman–Crippen LogP) is 3.74. The zero-order valence-corrected chi connectivity index (χ0v) is 15.6. The number of fused-ring (bicyclic) bond motifs is 1. The average Bonchev–Trinajstić information content (AvgIpc) is 3.14. The van der Waals surface area contributed by atoms with E-state index in [9.17, 15) is 4.79 Å². The Morgan fingerprint density at radius 1 is 1.27 bits per heavy atom. The van der Waals surface area contributed by atoms with Gasteiger partial charge in [0, 0.05) is 30.7 Å². The molecule has 0 unspecified atom stereocenters. The molecule has 2 heterocycles. The topological polar surface area (TPSA) is 41.6 Å². The van der Waals surface area contributed by atoms with Gasteiger partial charge in [0.15, 0.2) is 0 Å². The fourth-order valence-corrected chi connectivity index (χ4v) is 4.61. The number of hydrogen-bond acceptors (Lipinski definition) is 3. The minimum absolute atomic E-state index is 0.0843. The van der Waals surface area contributed by atoms with E-state index in [1.807, 2.05) is 6.07 Å². The monoisotopic (exact) mass is 370 g/mol. The summed E-state index contributed by atoms with van der Waals surface area (Å²) in [5.41, 5.74) is 2.00. The molecule has 0 spiro atoms. The molecule has 3 aliphatic rings. The van der Waals surface area contributed by atoms with Crippen LogP contribution in [0.15, 0.2) is 48.5 Å². The summed E-state index contributed by atoms with van der Waals surface area (Å²) in [6.45, 7) is 2.75. The fourth-order valence-electron chi connectivity index (χ4n) is 4.35. The van der Waals surface area contributed by atoms with Crippen LogP contribution in [-0.4, -0.2) is 36.5 Å². The summed E-state index contributed by atoms with van der Waals surface area (Å²) in [5, 5.41) is 3.57. The lowest BCUT2D eigenvalue weighted by Gasteiger charge is -2.42. The molecule has 0 aromatic heterocycles. The van der Waals surface area contributed by atoms with Crippen LogP contribution in [0, 0.1) is 5.92 Å². The SMILES string of the molecule is COc1ccc(C(=O)NCC23CC(CN2Cc2ccccc2)C3)cc1Cl. The van der Waals surface area contributed by atoms with Crippen molar-refractivity contribution in [1.29, 1.82) is 0 Å². The lowest BCUT2D eigenvalue weighted by molar-refractivity contribution is 0.0798. The van der Waals surface area contributed by atoms with E-state index in [4.69, 9.17) is 16.3 Å². The summed E-state index contributed by atoms with van der Waals surface area (Å²) in [4.78, 5) is 15.1. The van der Waals surface area contributed by atoms with Gasteiger partial charge in [0.25, 0.3) is 5.91 Å². The normalized spacial score (nSPS) is 24.2. The molecule has 136 valence electrons. The van der Waals surface area contributed by atoms with Gasteiger partial charge in [-0.15, -0.1) is 0 Å². The third-order valence-corrected chi connectivity index (χ3v) is 5.99. The Morgan fingerprint density at radius 2 is 2.04 bits per heavy atom. The van der Waals surface area contributed by atoms with Crippen LogP contribution in [0.1, 0.15) is 28.8 Å². The maximum absolute atomic E-state index is 12.5. The van der Waals surface area contributed by atoms with Gasteiger partial charge in [0.1, 0.15) is 5.75 Å². The molecule has 1 N–H and O–H groups in total. The summed E-state index contributed by atoms with van der Waals surface area (Å²) in [5.74, 6) is 1.26. The Kier molecular flexibility index (Phi) is 4.63. The van der Waals surface area contributed by atoms with Crippen molar-refractivity contribution >= 4 is 17.5 Å². The van der Waals surface area contributed by atoms with Crippen LogP contribution in [-0.2, 0) is 6.54 Å². The second-order valence-corrected chi connectivity index (χ2v) is 7.80. The summed E-state index contributed by atoms with van der Waals surface area (Å²) in [6, 6.07) is 15.7. The highest BCUT2D eigenvalue weighted by molar-refractivity contribution is 6.32. The van der Waals surface area contributed by atoms with Crippen molar-refractivity contribution in [2.24, 2.45) is 5.92 Å². The zero-order valence-electron chi connectivity index (χ0n) is 14.9. The smallest absolute Gasteiger partial charge is 0.251 e. The van der Waals surface area contributed by atoms with Crippen molar-refractivity contribution in [3.8, 4) is 5.75 Å². The molecule has 2 saturated heterocycles. The Morgan fingerprint density at radius 3 is 2.73 bits per heavy atom. The molecular weight excluding hydrogens is 348 g/mol. The molecule has 1 amide bonds. The Hall–Kier alpha value is -2.04. The Labute approximate surface area is 159 Å². The quantitative estimate of drug-likeness (QED) is 0.842. The summed E-state index contributed by atoms with van der Waals surface area (Å²) >= 11 is 6.14. The first-order chi connectivity index (χ1) is 12.6. The van der Waals surface area contributed by atoms with E-state index in [1.54, 1.807) is 25.3 Å². The number of methoxy groups -OCH3 is 1. The number of ether oxygens (including phenoxy) is 1. The number of carbonyl (C=O) groups is 1. The minimum Gasteiger partial charge on any atom is -0.495 e. The van der Waals surface area contributed by atoms with Gasteiger partial charge in [-0.1, -0.05) is 41.9 Å². The van der Waals surface area contributed by atoms with Crippen molar-refractivity contribution in [3.63, 3.8) is 0 Å². The highest BCUT2D eigenvalue weighted by Gasteiger charge is 2.55. The molecule has 0 radical (unpaired) electrons. The summed E-state index contributed by atoms with van der Waals surface area (Å²) < 4.78 is 5.14. The van der Waals surface area contributed by atoms with E-state index in [2.05, 4.69) is 34.5 Å². The number of carbonyl (C=O) groups excluding carboxylic acids is 1. The molecular formula is C21H23ClN2O2. The second-order valence-electron chi connectivity index (χ2n) is 7.40. The predicted molar refractivity (Wildman–Crippen MR) is 103 cm³/mol. The number of nitrogens with one attached hydrogen (secondary N) is 1. The number of amides is 1. The van der Waals surface area contributed by atoms with Gasteiger partial charge in [-0.3, -0.25) is 9.69 Å². The number of nitrogens with zero attached hydrogens (tertiary/aromatic N) is 1. The van der Waals surface area contributed by atoms with Crippen molar-refractivity contribution in [2.75, 3.05) is 20.2 Å². The van der Waals surface area contributed by atoms with Crippen LogP contribution >= 0.6 is 11.6 Å². The molecule has 2 aromatic carbocycles. The maximum atomic E-state index is 12.5. The standard InChI is InChI=1S/C21H23ClN2O2/c1-26-19-8-7-17(9-18(19)22)20(25)23-14-21-10-16(11-21)13-24(21)12-15-5-3-2-4-6-15/h2-9,16H,10-14H2,1H3,(H,23,25). The highest BCUT2D eigenvalue weighted by Crippen LogP contribution is 2.50. The number of halogens is 1. The molecule has 2 aliphatic heterocycles. The van der Waals surface area contributed by atoms with Crippen LogP contribution in [0.5, 0.6) is 5.75 Å². The van der Waals surface area contributed by atoms with Crippen molar-refractivity contribution in [3.05, 3.63) is 64.7 Å². The molecule has 5 heteroatoms. The first-order valence-corrected chi connectivity index (χ1v) is 9.38. The molecule has 5 rings (SSSR count). The zero-order chi connectivity index (χ0) is 18.1. The molecule has 26 heavy (non-hydrogen) atoms.